The van der Waals surface area contributed by atoms with E-state index in [-0.39, 0.29) is 5.41 Å². The number of hydrogen-bond donors (Lipinski definition) is 2. The van der Waals surface area contributed by atoms with Crippen molar-refractivity contribution < 1.29 is 4.74 Å². The minimum absolute atomic E-state index is 0.0685. The van der Waals surface area contributed by atoms with Gasteiger partial charge >= 0.3 is 0 Å². The van der Waals surface area contributed by atoms with Crippen LogP contribution >= 0.6 is 0 Å². The number of hydrogen-bond acceptors (Lipinski definition) is 5. The Balaban J connectivity index is 2.56. The molecule has 1 aromatic rings. The van der Waals surface area contributed by atoms with Gasteiger partial charge in [-0.1, -0.05) is 34.1 Å². The van der Waals surface area contributed by atoms with Crippen molar-refractivity contribution in [3.05, 3.63) is 11.9 Å². The Morgan fingerprint density at radius 2 is 1.85 bits per heavy atom. The predicted molar refractivity (Wildman–Crippen MR) is 84.5 cm³/mol. The predicted octanol–water partition coefficient (Wildman–Crippen LogP) is 3.04. The number of rotatable bonds is 8. The van der Waals surface area contributed by atoms with Crippen LogP contribution < -0.4 is 10.6 Å². The highest BCUT2D eigenvalue weighted by molar-refractivity contribution is 5.47. The van der Waals surface area contributed by atoms with Crippen molar-refractivity contribution in [2.24, 2.45) is 0 Å². The largest absolute Gasteiger partial charge is 0.380 e. The van der Waals surface area contributed by atoms with Crippen LogP contribution in [0.2, 0.25) is 0 Å². The molecule has 0 amide bonds. The minimum Gasteiger partial charge on any atom is -0.380 e. The first-order valence-corrected chi connectivity index (χ1v) is 7.36. The molecular weight excluding hydrogens is 252 g/mol. The van der Waals surface area contributed by atoms with E-state index in [2.05, 4.69) is 48.3 Å². The fourth-order valence-electron chi connectivity index (χ4n) is 1.60. The summed E-state index contributed by atoms with van der Waals surface area (Å²) in [5.74, 6) is 2.51. The summed E-state index contributed by atoms with van der Waals surface area (Å²) in [6, 6.07) is 1.92. The molecule has 0 atom stereocenters. The van der Waals surface area contributed by atoms with Gasteiger partial charge in [0, 0.05) is 31.7 Å². The fourth-order valence-corrected chi connectivity index (χ4v) is 1.60. The Hall–Kier alpha value is -1.36. The van der Waals surface area contributed by atoms with Crippen molar-refractivity contribution in [1.82, 2.24) is 9.97 Å². The zero-order valence-electron chi connectivity index (χ0n) is 13.4. The Morgan fingerprint density at radius 1 is 1.15 bits per heavy atom. The molecule has 5 heteroatoms. The molecule has 1 heterocycles. The van der Waals surface area contributed by atoms with Crippen LogP contribution in [0.1, 0.15) is 46.4 Å². The third-order valence-corrected chi connectivity index (χ3v) is 2.85. The average molecular weight is 280 g/mol. The van der Waals surface area contributed by atoms with Gasteiger partial charge in [-0.3, -0.25) is 0 Å². The lowest BCUT2D eigenvalue weighted by atomic mass is 9.96. The van der Waals surface area contributed by atoms with Gasteiger partial charge in [0.05, 0.1) is 6.61 Å². The normalized spacial score (nSPS) is 11.4. The first kappa shape index (κ1) is 16.7. The van der Waals surface area contributed by atoms with Crippen LogP contribution in [0.5, 0.6) is 0 Å². The molecule has 0 spiro atoms. The molecule has 20 heavy (non-hydrogen) atoms. The van der Waals surface area contributed by atoms with Gasteiger partial charge in [-0.2, -0.15) is 0 Å². The highest BCUT2D eigenvalue weighted by Gasteiger charge is 2.18. The third-order valence-electron chi connectivity index (χ3n) is 2.85. The van der Waals surface area contributed by atoms with Gasteiger partial charge in [-0.25, -0.2) is 9.97 Å². The van der Waals surface area contributed by atoms with Crippen LogP contribution in [-0.2, 0) is 10.2 Å². The van der Waals surface area contributed by atoms with Crippen LogP contribution in [-0.4, -0.2) is 36.8 Å². The summed E-state index contributed by atoms with van der Waals surface area (Å²) in [6.07, 6.45) is 2.28. The maximum Gasteiger partial charge on any atom is 0.138 e. The van der Waals surface area contributed by atoms with Crippen molar-refractivity contribution in [1.29, 1.82) is 0 Å². The van der Waals surface area contributed by atoms with Crippen LogP contribution in [0.25, 0.3) is 0 Å². The Labute approximate surface area is 122 Å². The minimum atomic E-state index is -0.0685. The maximum atomic E-state index is 5.53. The molecule has 1 rings (SSSR count). The van der Waals surface area contributed by atoms with E-state index in [1.54, 1.807) is 0 Å². The van der Waals surface area contributed by atoms with Crippen LogP contribution in [0.15, 0.2) is 6.07 Å². The van der Waals surface area contributed by atoms with Gasteiger partial charge in [0.15, 0.2) is 0 Å². The number of anilines is 2. The summed E-state index contributed by atoms with van der Waals surface area (Å²) in [5.41, 5.74) is -0.0685. The molecular formula is C15H28N4O. The SMILES string of the molecule is CCCCOCCNc1cc(NC)nc(C(C)(C)C)n1. The number of nitrogens with zero attached hydrogens (tertiary/aromatic N) is 2. The van der Waals surface area contributed by atoms with E-state index in [0.717, 1.165) is 37.0 Å². The standard InChI is InChI=1S/C15H28N4O/c1-6-7-9-20-10-8-17-13-11-12(16-5)18-14(19-13)15(2,3)4/h11H,6-10H2,1-5H3,(H2,16,17,18,19). The van der Waals surface area contributed by atoms with Crippen molar-refractivity contribution in [3.8, 4) is 0 Å². The highest BCUT2D eigenvalue weighted by atomic mass is 16.5. The van der Waals surface area contributed by atoms with Crippen LogP contribution in [0.4, 0.5) is 11.6 Å². The van der Waals surface area contributed by atoms with Crippen molar-refractivity contribution >= 4 is 11.6 Å². The van der Waals surface area contributed by atoms with Gasteiger partial charge in [-0.05, 0) is 6.42 Å². The molecule has 0 bridgehead atoms. The second-order valence-corrected chi connectivity index (χ2v) is 5.85. The van der Waals surface area contributed by atoms with Gasteiger partial charge < -0.3 is 15.4 Å². The first-order chi connectivity index (χ1) is 9.47. The molecule has 0 fully saturated rings. The number of ether oxygens (including phenoxy) is 1. The molecule has 0 unspecified atom stereocenters. The molecule has 0 saturated carbocycles. The topological polar surface area (TPSA) is 59.1 Å². The van der Waals surface area contributed by atoms with E-state index in [0.29, 0.717) is 6.61 Å². The molecule has 2 N–H and O–H groups in total. The van der Waals surface area contributed by atoms with Gasteiger partial charge in [0.2, 0.25) is 0 Å². The lowest BCUT2D eigenvalue weighted by molar-refractivity contribution is 0.141. The molecule has 0 radical (unpaired) electrons. The maximum absolute atomic E-state index is 5.53. The molecule has 114 valence electrons. The van der Waals surface area contributed by atoms with Crippen molar-refractivity contribution in [3.63, 3.8) is 0 Å². The first-order valence-electron chi connectivity index (χ1n) is 7.36. The summed E-state index contributed by atoms with van der Waals surface area (Å²) >= 11 is 0. The summed E-state index contributed by atoms with van der Waals surface area (Å²) in [5, 5.41) is 6.37. The summed E-state index contributed by atoms with van der Waals surface area (Å²) in [7, 11) is 1.87. The molecule has 0 aliphatic carbocycles. The van der Waals surface area contributed by atoms with E-state index in [1.807, 2.05) is 13.1 Å². The summed E-state index contributed by atoms with van der Waals surface area (Å²) in [6.45, 7) is 10.8. The third kappa shape index (κ3) is 5.74. The Bertz CT molecular complexity index is 401. The molecule has 0 aliphatic heterocycles. The second kappa shape index (κ2) is 8.04. The number of aromatic nitrogens is 2. The highest BCUT2D eigenvalue weighted by Crippen LogP contribution is 2.21. The molecule has 1 aromatic heterocycles. The second-order valence-electron chi connectivity index (χ2n) is 5.85. The molecule has 0 aromatic carbocycles. The number of nitrogens with one attached hydrogen (secondary N) is 2. The number of unbranched alkanes of at least 4 members (excludes halogenated alkanes) is 1. The van der Waals surface area contributed by atoms with Crippen LogP contribution in [0.3, 0.4) is 0 Å². The van der Waals surface area contributed by atoms with E-state index in [9.17, 15) is 0 Å². The van der Waals surface area contributed by atoms with E-state index in [1.165, 1.54) is 6.42 Å². The van der Waals surface area contributed by atoms with E-state index >= 15 is 0 Å². The molecule has 0 aliphatic rings. The molecule has 5 nitrogen and oxygen atoms in total. The lowest BCUT2D eigenvalue weighted by Crippen LogP contribution is -2.19. The Morgan fingerprint density at radius 3 is 2.45 bits per heavy atom. The van der Waals surface area contributed by atoms with Crippen LogP contribution in [0, 0.1) is 0 Å². The zero-order chi connectivity index (χ0) is 15.0. The van der Waals surface area contributed by atoms with E-state index in [4.69, 9.17) is 4.74 Å². The van der Waals surface area contributed by atoms with Crippen molar-refractivity contribution in [2.75, 3.05) is 37.4 Å². The van der Waals surface area contributed by atoms with Gasteiger partial charge in [0.1, 0.15) is 17.5 Å². The Kier molecular flexibility index (Phi) is 6.71. The zero-order valence-corrected chi connectivity index (χ0v) is 13.4. The lowest BCUT2D eigenvalue weighted by Gasteiger charge is -2.18. The monoisotopic (exact) mass is 280 g/mol. The molecule has 0 saturated heterocycles. The summed E-state index contributed by atoms with van der Waals surface area (Å²) in [4.78, 5) is 9.07. The van der Waals surface area contributed by atoms with Gasteiger partial charge in [0.25, 0.3) is 0 Å². The summed E-state index contributed by atoms with van der Waals surface area (Å²) < 4.78 is 5.53. The fraction of sp³-hybridized carbons (Fsp3) is 0.733. The average Bonchev–Trinajstić information content (AvgIpc) is 2.41. The van der Waals surface area contributed by atoms with Gasteiger partial charge in [-0.15, -0.1) is 0 Å². The van der Waals surface area contributed by atoms with E-state index < -0.39 is 0 Å². The smallest absolute Gasteiger partial charge is 0.138 e. The quantitative estimate of drug-likeness (QED) is 0.717. The van der Waals surface area contributed by atoms with Crippen molar-refractivity contribution in [2.45, 2.75) is 46.0 Å².